The van der Waals surface area contributed by atoms with Crippen LogP contribution in [-0.2, 0) is 12.0 Å². The van der Waals surface area contributed by atoms with E-state index in [4.69, 9.17) is 16.3 Å². The van der Waals surface area contributed by atoms with Gasteiger partial charge in [0.1, 0.15) is 11.6 Å². The highest BCUT2D eigenvalue weighted by Gasteiger charge is 2.69. The molecule has 0 radical (unpaired) electrons. The van der Waals surface area contributed by atoms with Gasteiger partial charge in [-0.15, -0.1) is 0 Å². The Morgan fingerprint density at radius 2 is 1.93 bits per heavy atom. The average molecular weight is 399 g/mol. The van der Waals surface area contributed by atoms with Crippen LogP contribution in [0.2, 0.25) is 5.02 Å². The van der Waals surface area contributed by atoms with Crippen LogP contribution in [0.5, 0.6) is 5.75 Å². The first kappa shape index (κ1) is 18.4. The number of anilines is 1. The van der Waals surface area contributed by atoms with E-state index in [1.165, 1.54) is 6.20 Å². The Kier molecular flexibility index (Phi) is 4.09. The van der Waals surface area contributed by atoms with Gasteiger partial charge in [0.25, 0.3) is 0 Å². The maximum Gasteiger partial charge on any atom is 0.417 e. The summed E-state index contributed by atoms with van der Waals surface area (Å²) in [6, 6.07) is 9.17. The minimum absolute atomic E-state index is 0.361. The number of hydrogen-bond acceptors (Lipinski definition) is 4. The summed E-state index contributed by atoms with van der Waals surface area (Å²) in [5.41, 5.74) is -1.77. The normalized spacial score (nSPS) is 26.8. The molecule has 0 unspecified atom stereocenters. The maximum absolute atomic E-state index is 13.2. The molecule has 0 saturated heterocycles. The maximum atomic E-state index is 13.2. The van der Waals surface area contributed by atoms with E-state index in [-0.39, 0.29) is 12.8 Å². The van der Waals surface area contributed by atoms with Crippen molar-refractivity contribution in [3.05, 3.63) is 52.7 Å². The second kappa shape index (κ2) is 6.01. The predicted molar refractivity (Wildman–Crippen MR) is 95.2 cm³/mol. The first-order chi connectivity index (χ1) is 12.7. The lowest BCUT2D eigenvalue weighted by molar-refractivity contribution is -0.302. The SMILES string of the molecule is COc1ccc(CN2C[C@]3(C[C@@](O)(C(F)(F)F)C3)c3cc(Cl)cnc32)cc1. The topological polar surface area (TPSA) is 45.6 Å². The highest BCUT2D eigenvalue weighted by Crippen LogP contribution is 2.61. The number of methoxy groups -OCH3 is 1. The Morgan fingerprint density at radius 3 is 2.52 bits per heavy atom. The molecular formula is C19H18ClF3N2O2. The van der Waals surface area contributed by atoms with Gasteiger partial charge < -0.3 is 14.7 Å². The van der Waals surface area contributed by atoms with Gasteiger partial charge in [-0.25, -0.2) is 4.98 Å². The molecule has 1 fully saturated rings. The molecule has 1 aromatic heterocycles. The van der Waals surface area contributed by atoms with Crippen LogP contribution in [0.3, 0.4) is 0 Å². The van der Waals surface area contributed by atoms with E-state index in [1.807, 2.05) is 29.2 Å². The molecule has 0 bridgehead atoms. The summed E-state index contributed by atoms with van der Waals surface area (Å²) >= 11 is 6.05. The van der Waals surface area contributed by atoms with E-state index in [0.29, 0.717) is 29.5 Å². The summed E-state index contributed by atoms with van der Waals surface area (Å²) in [5, 5.41) is 10.4. The third-order valence-corrected chi connectivity index (χ3v) is 5.73. The zero-order valence-electron chi connectivity index (χ0n) is 14.6. The van der Waals surface area contributed by atoms with Crippen molar-refractivity contribution in [1.82, 2.24) is 4.98 Å². The van der Waals surface area contributed by atoms with Gasteiger partial charge >= 0.3 is 6.18 Å². The predicted octanol–water partition coefficient (Wildman–Crippen LogP) is 4.09. The van der Waals surface area contributed by atoms with E-state index in [1.54, 1.807) is 13.2 Å². The molecule has 1 spiro atoms. The Bertz CT molecular complexity index is 864. The van der Waals surface area contributed by atoms with Crippen molar-refractivity contribution in [3.8, 4) is 5.75 Å². The van der Waals surface area contributed by atoms with Gasteiger partial charge in [0.15, 0.2) is 5.60 Å². The van der Waals surface area contributed by atoms with Crippen LogP contribution < -0.4 is 9.64 Å². The molecule has 1 saturated carbocycles. The van der Waals surface area contributed by atoms with Crippen LogP contribution in [-0.4, -0.2) is 35.5 Å². The second-order valence-corrected chi connectivity index (χ2v) is 7.83. The van der Waals surface area contributed by atoms with Crippen molar-refractivity contribution in [2.45, 2.75) is 36.6 Å². The Hall–Kier alpha value is -1.99. The second-order valence-electron chi connectivity index (χ2n) is 7.39. The van der Waals surface area contributed by atoms with Crippen LogP contribution >= 0.6 is 11.6 Å². The number of nitrogens with zero attached hydrogens (tertiary/aromatic N) is 2. The van der Waals surface area contributed by atoms with Crippen molar-refractivity contribution >= 4 is 17.4 Å². The molecule has 1 aliphatic heterocycles. The van der Waals surface area contributed by atoms with Crippen LogP contribution in [0.25, 0.3) is 0 Å². The molecule has 1 aromatic carbocycles. The Balaban J connectivity index is 1.63. The summed E-state index contributed by atoms with van der Waals surface area (Å²) in [5.74, 6) is 1.36. The Labute approximate surface area is 159 Å². The minimum atomic E-state index is -4.65. The third-order valence-electron chi connectivity index (χ3n) is 5.52. The van der Waals surface area contributed by atoms with Gasteiger partial charge in [0.05, 0.1) is 12.1 Å². The molecule has 0 atom stereocenters. The van der Waals surface area contributed by atoms with Gasteiger partial charge in [-0.05, 0) is 36.6 Å². The fraction of sp³-hybridized carbons (Fsp3) is 0.421. The molecule has 144 valence electrons. The lowest BCUT2D eigenvalue weighted by Gasteiger charge is -2.52. The zero-order chi connectivity index (χ0) is 19.4. The van der Waals surface area contributed by atoms with Crippen molar-refractivity contribution in [2.75, 3.05) is 18.6 Å². The smallest absolute Gasteiger partial charge is 0.417 e. The molecule has 1 N–H and O–H groups in total. The zero-order valence-corrected chi connectivity index (χ0v) is 15.3. The first-order valence-corrected chi connectivity index (χ1v) is 8.87. The number of hydrogen-bond donors (Lipinski definition) is 1. The van der Waals surface area contributed by atoms with Crippen LogP contribution in [0.1, 0.15) is 24.0 Å². The highest BCUT2D eigenvalue weighted by atomic mass is 35.5. The van der Waals surface area contributed by atoms with E-state index in [0.717, 1.165) is 11.3 Å². The molecule has 4 nitrogen and oxygen atoms in total. The fourth-order valence-corrected chi connectivity index (χ4v) is 4.41. The molecule has 4 rings (SSSR count). The van der Waals surface area contributed by atoms with Crippen molar-refractivity contribution in [3.63, 3.8) is 0 Å². The summed E-state index contributed by atoms with van der Waals surface area (Å²) in [6.07, 6.45) is -3.90. The molecule has 2 aromatic rings. The number of rotatable bonds is 3. The number of ether oxygens (including phenoxy) is 1. The molecule has 1 aliphatic carbocycles. The number of alkyl halides is 3. The monoisotopic (exact) mass is 398 g/mol. The third kappa shape index (κ3) is 2.93. The summed E-state index contributed by atoms with van der Waals surface area (Å²) in [4.78, 5) is 6.31. The van der Waals surface area contributed by atoms with Crippen molar-refractivity contribution < 1.29 is 23.0 Å². The fourth-order valence-electron chi connectivity index (χ4n) is 4.25. The number of pyridine rings is 1. The van der Waals surface area contributed by atoms with Crippen molar-refractivity contribution in [1.29, 1.82) is 0 Å². The van der Waals surface area contributed by atoms with E-state index >= 15 is 0 Å². The van der Waals surface area contributed by atoms with E-state index < -0.39 is 17.2 Å². The number of aliphatic hydroxyl groups is 1. The quantitative estimate of drug-likeness (QED) is 0.846. The average Bonchev–Trinajstić information content (AvgIpc) is 2.88. The Morgan fingerprint density at radius 1 is 1.26 bits per heavy atom. The van der Waals surface area contributed by atoms with Gasteiger partial charge in [0.2, 0.25) is 0 Å². The lowest BCUT2D eigenvalue weighted by atomic mass is 9.56. The number of benzene rings is 1. The number of halogens is 4. The van der Waals surface area contributed by atoms with Gasteiger partial charge in [-0.1, -0.05) is 23.7 Å². The van der Waals surface area contributed by atoms with Gasteiger partial charge in [-0.2, -0.15) is 13.2 Å². The molecular weight excluding hydrogens is 381 g/mol. The molecule has 2 heterocycles. The van der Waals surface area contributed by atoms with Gasteiger partial charge in [0, 0.05) is 30.3 Å². The van der Waals surface area contributed by atoms with Crippen LogP contribution in [0, 0.1) is 0 Å². The number of fused-ring (bicyclic) bond motifs is 2. The summed E-state index contributed by atoms with van der Waals surface area (Å²) in [7, 11) is 1.58. The van der Waals surface area contributed by atoms with Gasteiger partial charge in [-0.3, -0.25) is 0 Å². The highest BCUT2D eigenvalue weighted by molar-refractivity contribution is 6.30. The lowest BCUT2D eigenvalue weighted by Crippen LogP contribution is -2.63. The first-order valence-electron chi connectivity index (χ1n) is 8.49. The minimum Gasteiger partial charge on any atom is -0.497 e. The molecule has 2 aliphatic rings. The summed E-state index contributed by atoms with van der Waals surface area (Å²) < 4.78 is 44.7. The largest absolute Gasteiger partial charge is 0.497 e. The molecule has 27 heavy (non-hydrogen) atoms. The summed E-state index contributed by atoms with van der Waals surface area (Å²) in [6.45, 7) is 0.859. The van der Waals surface area contributed by atoms with Crippen molar-refractivity contribution in [2.24, 2.45) is 0 Å². The van der Waals surface area contributed by atoms with Crippen LogP contribution in [0.15, 0.2) is 36.5 Å². The molecule has 0 amide bonds. The van der Waals surface area contributed by atoms with E-state index in [9.17, 15) is 18.3 Å². The molecule has 8 heteroatoms. The number of aromatic nitrogens is 1. The van der Waals surface area contributed by atoms with Crippen LogP contribution in [0.4, 0.5) is 19.0 Å². The standard InChI is InChI=1S/C19H18ClF3N2O2/c1-27-14-4-2-12(3-5-14)8-25-11-17(9-18(26,10-17)19(21,22)23)15-6-13(20)7-24-16(15)25/h2-7,26H,8-11H2,1H3/t17-,18+. The van der Waals surface area contributed by atoms with E-state index in [2.05, 4.69) is 4.98 Å².